The standard InChI is InChI=1S/C9H10N6/c1-7-4-2-3-5-8(7)13-15-14-9(11)12-6-10/h2-5H,1H3,(H3,11,12,13,14). The Morgan fingerprint density at radius 3 is 2.87 bits per heavy atom. The Labute approximate surface area is 87.1 Å². The Hall–Kier alpha value is -2.42. The summed E-state index contributed by atoms with van der Waals surface area (Å²) in [6.45, 7) is 1.94. The maximum absolute atomic E-state index is 8.16. The molecule has 6 heteroatoms. The number of benzene rings is 1. The highest BCUT2D eigenvalue weighted by atomic mass is 15.4. The molecule has 1 rings (SSSR count). The van der Waals surface area contributed by atoms with Gasteiger partial charge in [-0.15, -0.1) is 4.99 Å². The number of aliphatic imine (C=N–C) groups is 1. The Kier molecular flexibility index (Phi) is 3.79. The summed E-state index contributed by atoms with van der Waals surface area (Å²) >= 11 is 0. The third-order valence-corrected chi connectivity index (χ3v) is 1.63. The van der Waals surface area contributed by atoms with Crippen LogP contribution in [0.25, 0.3) is 0 Å². The van der Waals surface area contributed by atoms with Gasteiger partial charge in [-0.25, -0.2) is 0 Å². The normalized spacial score (nSPS) is 11.3. The molecule has 6 nitrogen and oxygen atoms in total. The van der Waals surface area contributed by atoms with E-state index in [0.717, 1.165) is 11.3 Å². The van der Waals surface area contributed by atoms with Gasteiger partial charge in [-0.1, -0.05) is 28.5 Å². The first kappa shape index (κ1) is 10.7. The first-order valence-corrected chi connectivity index (χ1v) is 4.18. The summed E-state index contributed by atoms with van der Waals surface area (Å²) in [5.41, 5.74) is 9.76. The molecule has 15 heavy (non-hydrogen) atoms. The van der Waals surface area contributed by atoms with Crippen LogP contribution in [0.3, 0.4) is 0 Å². The number of anilines is 1. The molecule has 0 amide bonds. The number of nitrogens with one attached hydrogen (secondary N) is 1. The average Bonchev–Trinajstić information content (AvgIpc) is 2.21. The van der Waals surface area contributed by atoms with Crippen LogP contribution in [-0.4, -0.2) is 5.96 Å². The second kappa shape index (κ2) is 5.34. The maximum Gasteiger partial charge on any atom is 0.252 e. The first-order valence-electron chi connectivity index (χ1n) is 4.18. The van der Waals surface area contributed by atoms with Crippen LogP contribution in [-0.2, 0) is 0 Å². The van der Waals surface area contributed by atoms with Crippen molar-refractivity contribution in [1.29, 1.82) is 5.26 Å². The third kappa shape index (κ3) is 3.44. The van der Waals surface area contributed by atoms with Gasteiger partial charge < -0.3 is 5.73 Å². The smallest absolute Gasteiger partial charge is 0.252 e. The van der Waals surface area contributed by atoms with E-state index in [1.54, 1.807) is 0 Å². The van der Waals surface area contributed by atoms with Crippen molar-refractivity contribution in [2.45, 2.75) is 6.92 Å². The zero-order chi connectivity index (χ0) is 11.1. The average molecular weight is 202 g/mol. The van der Waals surface area contributed by atoms with Gasteiger partial charge in [0.15, 0.2) is 0 Å². The minimum atomic E-state index is -0.182. The van der Waals surface area contributed by atoms with Crippen molar-refractivity contribution in [2.24, 2.45) is 21.1 Å². The van der Waals surface area contributed by atoms with Crippen molar-refractivity contribution in [3.8, 4) is 6.19 Å². The van der Waals surface area contributed by atoms with Gasteiger partial charge in [0.05, 0.1) is 5.69 Å². The van der Waals surface area contributed by atoms with E-state index in [-0.39, 0.29) is 5.96 Å². The summed E-state index contributed by atoms with van der Waals surface area (Å²) in [7, 11) is 0. The molecule has 0 saturated heterocycles. The number of para-hydroxylation sites is 1. The van der Waals surface area contributed by atoms with Crippen molar-refractivity contribution in [3.05, 3.63) is 29.8 Å². The van der Waals surface area contributed by atoms with E-state index < -0.39 is 0 Å². The number of nitriles is 1. The summed E-state index contributed by atoms with van der Waals surface area (Å²) in [5.74, 6) is -0.182. The Balaban J connectivity index is 2.63. The molecule has 0 unspecified atom stereocenters. The number of aryl methyl sites for hydroxylation is 1. The molecule has 0 heterocycles. The Bertz CT molecular complexity index is 428. The molecule has 0 atom stereocenters. The molecule has 0 saturated carbocycles. The highest BCUT2D eigenvalue weighted by molar-refractivity contribution is 5.79. The zero-order valence-electron chi connectivity index (χ0n) is 8.18. The van der Waals surface area contributed by atoms with Gasteiger partial charge >= 0.3 is 0 Å². The minimum absolute atomic E-state index is 0.182. The Morgan fingerprint density at radius 1 is 1.47 bits per heavy atom. The first-order chi connectivity index (χ1) is 7.24. The molecule has 1 aromatic carbocycles. The van der Waals surface area contributed by atoms with Crippen molar-refractivity contribution >= 4 is 11.6 Å². The monoisotopic (exact) mass is 202 g/mol. The molecule has 1 aromatic rings. The van der Waals surface area contributed by atoms with Crippen molar-refractivity contribution < 1.29 is 0 Å². The second-order valence-electron chi connectivity index (χ2n) is 2.70. The molecular weight excluding hydrogens is 192 g/mol. The number of rotatable bonds is 2. The van der Waals surface area contributed by atoms with Crippen molar-refractivity contribution in [1.82, 2.24) is 0 Å². The zero-order valence-corrected chi connectivity index (χ0v) is 8.18. The van der Waals surface area contributed by atoms with Gasteiger partial charge in [0.25, 0.3) is 5.96 Å². The topological polar surface area (TPSA) is 98.9 Å². The maximum atomic E-state index is 8.16. The van der Waals surface area contributed by atoms with Crippen LogP contribution in [0.1, 0.15) is 5.56 Å². The van der Waals surface area contributed by atoms with E-state index in [0.29, 0.717) is 0 Å². The molecule has 0 aliphatic heterocycles. The molecule has 0 fully saturated rings. The van der Waals surface area contributed by atoms with E-state index in [1.807, 2.05) is 31.2 Å². The van der Waals surface area contributed by atoms with Crippen LogP contribution < -0.4 is 11.2 Å². The Morgan fingerprint density at radius 2 is 2.20 bits per heavy atom. The summed E-state index contributed by atoms with van der Waals surface area (Å²) < 4.78 is 0. The molecule has 3 N–H and O–H groups in total. The van der Waals surface area contributed by atoms with Gasteiger partial charge in [0.1, 0.15) is 0 Å². The van der Waals surface area contributed by atoms with Gasteiger partial charge in [-0.3, -0.25) is 5.43 Å². The van der Waals surface area contributed by atoms with Crippen LogP contribution in [0.4, 0.5) is 5.69 Å². The summed E-state index contributed by atoms with van der Waals surface area (Å²) in [6.07, 6.45) is 1.51. The molecule has 0 spiro atoms. The van der Waals surface area contributed by atoms with Gasteiger partial charge in [-0.05, 0) is 18.6 Å². The van der Waals surface area contributed by atoms with Crippen LogP contribution >= 0.6 is 0 Å². The molecule has 76 valence electrons. The number of nitrogens with two attached hydrogens (primary N) is 1. The van der Waals surface area contributed by atoms with E-state index in [1.165, 1.54) is 6.19 Å². The van der Waals surface area contributed by atoms with Crippen LogP contribution in [0.2, 0.25) is 0 Å². The SMILES string of the molecule is Cc1ccccc1N/N=N/C(N)=NC#N. The van der Waals surface area contributed by atoms with E-state index in [4.69, 9.17) is 11.0 Å². The molecule has 0 bridgehead atoms. The second-order valence-corrected chi connectivity index (χ2v) is 2.70. The van der Waals surface area contributed by atoms with Crippen molar-refractivity contribution in [3.63, 3.8) is 0 Å². The summed E-state index contributed by atoms with van der Waals surface area (Å²) in [4.78, 5) is 3.18. The van der Waals surface area contributed by atoms with Gasteiger partial charge in [0.2, 0.25) is 6.19 Å². The number of guanidine groups is 1. The highest BCUT2D eigenvalue weighted by Gasteiger charge is 1.93. The number of nitrogens with zero attached hydrogens (tertiary/aromatic N) is 4. The quantitative estimate of drug-likeness (QED) is 0.250. The fourth-order valence-electron chi connectivity index (χ4n) is 0.902. The lowest BCUT2D eigenvalue weighted by Gasteiger charge is -2.01. The minimum Gasteiger partial charge on any atom is -0.366 e. The van der Waals surface area contributed by atoms with Gasteiger partial charge in [0, 0.05) is 0 Å². The molecule has 0 aliphatic rings. The van der Waals surface area contributed by atoms with E-state index in [2.05, 4.69) is 20.8 Å². The van der Waals surface area contributed by atoms with E-state index in [9.17, 15) is 0 Å². The predicted molar refractivity (Wildman–Crippen MR) is 56.9 cm³/mol. The molecular formula is C9H10N6. The molecule has 0 aliphatic carbocycles. The van der Waals surface area contributed by atoms with Crippen molar-refractivity contribution in [2.75, 3.05) is 5.43 Å². The lowest BCUT2D eigenvalue weighted by atomic mass is 10.2. The molecule has 0 radical (unpaired) electrons. The summed E-state index contributed by atoms with van der Waals surface area (Å²) in [6, 6.07) is 7.58. The van der Waals surface area contributed by atoms with Gasteiger partial charge in [-0.2, -0.15) is 5.26 Å². The molecule has 0 aromatic heterocycles. The highest BCUT2D eigenvalue weighted by Crippen LogP contribution is 2.12. The number of hydrogen-bond acceptors (Lipinski definition) is 3. The van der Waals surface area contributed by atoms with Crippen LogP contribution in [0.15, 0.2) is 39.6 Å². The lowest BCUT2D eigenvalue weighted by Crippen LogP contribution is -2.07. The largest absolute Gasteiger partial charge is 0.366 e. The summed E-state index contributed by atoms with van der Waals surface area (Å²) in [5, 5.41) is 15.2. The fourth-order valence-corrected chi connectivity index (χ4v) is 0.902. The predicted octanol–water partition coefficient (Wildman–Crippen LogP) is 1.57. The van der Waals surface area contributed by atoms with E-state index >= 15 is 0 Å². The number of hydrogen-bond donors (Lipinski definition) is 2. The lowest BCUT2D eigenvalue weighted by molar-refractivity contribution is 1.13. The van der Waals surface area contributed by atoms with Crippen LogP contribution in [0.5, 0.6) is 0 Å². The van der Waals surface area contributed by atoms with Crippen LogP contribution in [0, 0.1) is 18.4 Å². The fraction of sp³-hybridized carbons (Fsp3) is 0.111. The third-order valence-electron chi connectivity index (χ3n) is 1.63.